The van der Waals surface area contributed by atoms with Crippen LogP contribution in [-0.2, 0) is 0 Å². The molecule has 0 N–H and O–H groups in total. The Hall–Kier alpha value is -2.86. The lowest BCUT2D eigenvalue weighted by atomic mass is 10.1. The topological polar surface area (TPSA) is 41.6 Å². The molecule has 3 aromatic rings. The van der Waals surface area contributed by atoms with Gasteiger partial charge in [0, 0.05) is 11.8 Å². The molecule has 96 valence electrons. The lowest BCUT2D eigenvalue weighted by Crippen LogP contribution is -1.95. The van der Waals surface area contributed by atoms with Gasteiger partial charge >= 0.3 is 0 Å². The molecule has 0 bridgehead atoms. The molecule has 3 rings (SSSR count). The van der Waals surface area contributed by atoms with Gasteiger partial charge in [-0.05, 0) is 42.8 Å². The Bertz CT molecular complexity index is 776. The fourth-order valence-electron chi connectivity index (χ4n) is 2.16. The van der Waals surface area contributed by atoms with Gasteiger partial charge in [0.15, 0.2) is 0 Å². The Balaban J connectivity index is 1.98. The van der Waals surface area contributed by atoms with Crippen molar-refractivity contribution in [2.75, 3.05) is 0 Å². The molecular formula is C17H13N3. The van der Waals surface area contributed by atoms with Crippen molar-refractivity contribution in [3.8, 4) is 23.0 Å². The molecule has 0 spiro atoms. The minimum absolute atomic E-state index is 0.653. The number of nitriles is 1. The molecule has 0 atom stereocenters. The minimum Gasteiger partial charge on any atom is -0.240 e. The molecule has 3 nitrogen and oxygen atoms in total. The van der Waals surface area contributed by atoms with Gasteiger partial charge in [-0.2, -0.15) is 10.4 Å². The fourth-order valence-corrected chi connectivity index (χ4v) is 2.16. The number of rotatable bonds is 2. The first kappa shape index (κ1) is 12.2. The van der Waals surface area contributed by atoms with Crippen LogP contribution < -0.4 is 0 Å². The highest BCUT2D eigenvalue weighted by Crippen LogP contribution is 2.22. The van der Waals surface area contributed by atoms with Crippen LogP contribution in [0, 0.1) is 18.3 Å². The predicted molar refractivity (Wildman–Crippen MR) is 78.5 cm³/mol. The number of benzene rings is 2. The Kier molecular flexibility index (Phi) is 3.06. The molecule has 0 aliphatic heterocycles. The summed E-state index contributed by atoms with van der Waals surface area (Å²) in [5, 5.41) is 13.4. The summed E-state index contributed by atoms with van der Waals surface area (Å²) in [5.41, 5.74) is 4.90. The molecule has 0 aliphatic carbocycles. The average Bonchev–Trinajstić information content (AvgIpc) is 2.97. The molecule has 0 amide bonds. The summed E-state index contributed by atoms with van der Waals surface area (Å²) in [5.74, 6) is 0. The minimum atomic E-state index is 0.653. The number of hydrogen-bond acceptors (Lipinski definition) is 2. The first-order valence-electron chi connectivity index (χ1n) is 6.40. The van der Waals surface area contributed by atoms with Crippen LogP contribution in [0.4, 0.5) is 0 Å². The van der Waals surface area contributed by atoms with E-state index in [1.54, 1.807) is 12.1 Å². The van der Waals surface area contributed by atoms with E-state index in [-0.39, 0.29) is 0 Å². The first-order chi connectivity index (χ1) is 9.78. The van der Waals surface area contributed by atoms with E-state index in [0.29, 0.717) is 5.56 Å². The summed E-state index contributed by atoms with van der Waals surface area (Å²) in [4.78, 5) is 0. The summed E-state index contributed by atoms with van der Waals surface area (Å²) in [6.45, 7) is 2.08. The van der Waals surface area contributed by atoms with E-state index >= 15 is 0 Å². The largest absolute Gasteiger partial charge is 0.240 e. The highest BCUT2D eigenvalue weighted by atomic mass is 15.3. The zero-order valence-electron chi connectivity index (χ0n) is 11.1. The van der Waals surface area contributed by atoms with E-state index in [9.17, 15) is 0 Å². The molecule has 1 aromatic heterocycles. The van der Waals surface area contributed by atoms with Crippen LogP contribution in [0.25, 0.3) is 16.9 Å². The quantitative estimate of drug-likeness (QED) is 0.703. The van der Waals surface area contributed by atoms with Crippen molar-refractivity contribution in [3.63, 3.8) is 0 Å². The van der Waals surface area contributed by atoms with E-state index in [4.69, 9.17) is 5.26 Å². The molecule has 0 fully saturated rings. The lowest BCUT2D eigenvalue weighted by Gasteiger charge is -2.03. The molecular weight excluding hydrogens is 246 g/mol. The molecule has 20 heavy (non-hydrogen) atoms. The van der Waals surface area contributed by atoms with Crippen LogP contribution in [0.15, 0.2) is 60.8 Å². The molecule has 0 unspecified atom stereocenters. The Morgan fingerprint density at radius 2 is 1.75 bits per heavy atom. The molecule has 1 heterocycles. The average molecular weight is 259 g/mol. The van der Waals surface area contributed by atoms with E-state index in [2.05, 4.69) is 30.2 Å². The number of hydrogen-bond donors (Lipinski definition) is 0. The van der Waals surface area contributed by atoms with Crippen molar-refractivity contribution in [2.45, 2.75) is 6.92 Å². The summed E-state index contributed by atoms with van der Waals surface area (Å²) in [7, 11) is 0. The summed E-state index contributed by atoms with van der Waals surface area (Å²) in [6, 6.07) is 19.7. The van der Waals surface area contributed by atoms with Crippen molar-refractivity contribution >= 4 is 0 Å². The standard InChI is InChI=1S/C17H13N3/c1-13-4-2-3-5-16(13)17-10-11-20(19-17)15-8-6-14(12-18)7-9-15/h2-11H,1H3. The molecule has 3 heteroatoms. The van der Waals surface area contributed by atoms with Crippen LogP contribution in [0.2, 0.25) is 0 Å². The molecule has 0 aliphatic rings. The van der Waals surface area contributed by atoms with Crippen molar-refractivity contribution in [1.82, 2.24) is 9.78 Å². The highest BCUT2D eigenvalue weighted by Gasteiger charge is 2.05. The Labute approximate surface area is 117 Å². The van der Waals surface area contributed by atoms with Crippen LogP contribution in [-0.4, -0.2) is 9.78 Å². The monoisotopic (exact) mass is 259 g/mol. The molecule has 0 radical (unpaired) electrons. The summed E-state index contributed by atoms with van der Waals surface area (Å²) < 4.78 is 1.82. The normalized spacial score (nSPS) is 10.2. The van der Waals surface area contributed by atoms with Crippen LogP contribution >= 0.6 is 0 Å². The van der Waals surface area contributed by atoms with Crippen molar-refractivity contribution in [2.24, 2.45) is 0 Å². The van der Waals surface area contributed by atoms with Gasteiger partial charge < -0.3 is 0 Å². The second-order valence-corrected chi connectivity index (χ2v) is 4.62. The van der Waals surface area contributed by atoms with Gasteiger partial charge in [0.2, 0.25) is 0 Å². The summed E-state index contributed by atoms with van der Waals surface area (Å²) >= 11 is 0. The molecule has 2 aromatic carbocycles. The second kappa shape index (κ2) is 5.02. The third-order valence-electron chi connectivity index (χ3n) is 3.27. The van der Waals surface area contributed by atoms with Crippen molar-refractivity contribution in [3.05, 3.63) is 71.9 Å². The first-order valence-corrected chi connectivity index (χ1v) is 6.40. The molecule has 0 saturated heterocycles. The van der Waals surface area contributed by atoms with Gasteiger partial charge in [0.05, 0.1) is 23.0 Å². The maximum Gasteiger partial charge on any atom is 0.0991 e. The maximum absolute atomic E-state index is 8.81. The smallest absolute Gasteiger partial charge is 0.0991 e. The predicted octanol–water partition coefficient (Wildman–Crippen LogP) is 3.72. The third-order valence-corrected chi connectivity index (χ3v) is 3.27. The van der Waals surface area contributed by atoms with Crippen molar-refractivity contribution in [1.29, 1.82) is 5.26 Å². The van der Waals surface area contributed by atoms with E-state index in [0.717, 1.165) is 16.9 Å². The van der Waals surface area contributed by atoms with Gasteiger partial charge in [-0.1, -0.05) is 24.3 Å². The highest BCUT2D eigenvalue weighted by molar-refractivity contribution is 5.63. The van der Waals surface area contributed by atoms with Gasteiger partial charge in [-0.25, -0.2) is 4.68 Å². The number of aromatic nitrogens is 2. The van der Waals surface area contributed by atoms with Crippen LogP contribution in [0.3, 0.4) is 0 Å². The van der Waals surface area contributed by atoms with Gasteiger partial charge in [0.1, 0.15) is 0 Å². The van der Waals surface area contributed by atoms with E-state index in [1.165, 1.54) is 5.56 Å². The maximum atomic E-state index is 8.81. The molecule has 0 saturated carbocycles. The third kappa shape index (κ3) is 2.19. The Morgan fingerprint density at radius 3 is 2.45 bits per heavy atom. The van der Waals surface area contributed by atoms with Gasteiger partial charge in [-0.3, -0.25) is 0 Å². The summed E-state index contributed by atoms with van der Waals surface area (Å²) in [6.07, 6.45) is 1.93. The number of nitrogens with zero attached hydrogens (tertiary/aromatic N) is 3. The van der Waals surface area contributed by atoms with Crippen LogP contribution in [0.1, 0.15) is 11.1 Å². The lowest BCUT2D eigenvalue weighted by molar-refractivity contribution is 0.884. The zero-order valence-corrected chi connectivity index (χ0v) is 11.1. The van der Waals surface area contributed by atoms with Gasteiger partial charge in [-0.15, -0.1) is 0 Å². The SMILES string of the molecule is Cc1ccccc1-c1ccn(-c2ccc(C#N)cc2)n1. The fraction of sp³-hybridized carbons (Fsp3) is 0.0588. The Morgan fingerprint density at radius 1 is 1.00 bits per heavy atom. The van der Waals surface area contributed by atoms with Crippen molar-refractivity contribution < 1.29 is 0 Å². The second-order valence-electron chi connectivity index (χ2n) is 4.62. The van der Waals surface area contributed by atoms with Crippen LogP contribution in [0.5, 0.6) is 0 Å². The van der Waals surface area contributed by atoms with E-state index < -0.39 is 0 Å². The van der Waals surface area contributed by atoms with Gasteiger partial charge in [0.25, 0.3) is 0 Å². The number of aryl methyl sites for hydroxylation is 1. The zero-order chi connectivity index (χ0) is 13.9. The van der Waals surface area contributed by atoms with E-state index in [1.807, 2.05) is 41.2 Å².